The van der Waals surface area contributed by atoms with Crippen molar-refractivity contribution < 1.29 is 19.1 Å². The van der Waals surface area contributed by atoms with Crippen LogP contribution in [0.5, 0.6) is 0 Å². The highest BCUT2D eigenvalue weighted by atomic mass is 16.5. The molecular formula is C20H22N2O4. The van der Waals surface area contributed by atoms with E-state index in [1.54, 1.807) is 38.1 Å². The number of rotatable bonds is 7. The minimum atomic E-state index is -0.608. The summed E-state index contributed by atoms with van der Waals surface area (Å²) in [6.07, 6.45) is 0.146. The molecule has 6 heteroatoms. The van der Waals surface area contributed by atoms with Crippen LogP contribution in [0.15, 0.2) is 54.6 Å². The summed E-state index contributed by atoms with van der Waals surface area (Å²) in [5.41, 5.74) is 1.94. The van der Waals surface area contributed by atoms with Crippen molar-refractivity contribution in [2.75, 3.05) is 11.9 Å². The van der Waals surface area contributed by atoms with Gasteiger partial charge < -0.3 is 10.1 Å². The number of imide groups is 1. The second kappa shape index (κ2) is 9.36. The summed E-state index contributed by atoms with van der Waals surface area (Å²) in [4.78, 5) is 35.7. The van der Waals surface area contributed by atoms with Crippen molar-refractivity contribution in [1.82, 2.24) is 5.32 Å². The van der Waals surface area contributed by atoms with E-state index in [0.29, 0.717) is 17.9 Å². The normalized spacial score (nSPS) is 11.3. The number of carbonyl (C=O) groups excluding carboxylic acids is 3. The van der Waals surface area contributed by atoms with Crippen molar-refractivity contribution in [3.05, 3.63) is 65.7 Å². The number of benzene rings is 2. The van der Waals surface area contributed by atoms with Crippen LogP contribution in [0.2, 0.25) is 0 Å². The van der Waals surface area contributed by atoms with Gasteiger partial charge in [0.1, 0.15) is 6.04 Å². The summed E-state index contributed by atoms with van der Waals surface area (Å²) in [6, 6.07) is 15.2. The van der Waals surface area contributed by atoms with Crippen LogP contribution < -0.4 is 10.6 Å². The van der Waals surface area contributed by atoms with Gasteiger partial charge in [0, 0.05) is 5.69 Å². The number of ether oxygens (including phenoxy) is 1. The number of amides is 2. The predicted octanol–water partition coefficient (Wildman–Crippen LogP) is 2.55. The molecule has 0 fully saturated rings. The first-order chi connectivity index (χ1) is 12.5. The van der Waals surface area contributed by atoms with E-state index in [9.17, 15) is 14.4 Å². The van der Waals surface area contributed by atoms with Gasteiger partial charge >= 0.3 is 5.97 Å². The van der Waals surface area contributed by atoms with Crippen molar-refractivity contribution in [3.63, 3.8) is 0 Å². The van der Waals surface area contributed by atoms with Gasteiger partial charge in [0.25, 0.3) is 0 Å². The first-order valence-corrected chi connectivity index (χ1v) is 8.41. The first-order valence-electron chi connectivity index (χ1n) is 8.41. The zero-order chi connectivity index (χ0) is 18.9. The summed E-state index contributed by atoms with van der Waals surface area (Å²) in [6.45, 7) is 3.71. The molecular weight excluding hydrogens is 332 g/mol. The number of hydrogen-bond acceptors (Lipinski definition) is 5. The average Bonchev–Trinajstić information content (AvgIpc) is 2.63. The quantitative estimate of drug-likeness (QED) is 0.747. The zero-order valence-electron chi connectivity index (χ0n) is 14.8. The molecule has 0 saturated heterocycles. The molecule has 0 aliphatic rings. The lowest BCUT2D eigenvalue weighted by Gasteiger charge is -2.15. The lowest BCUT2D eigenvalue weighted by molar-refractivity contribution is -0.130. The molecule has 0 bridgehead atoms. The van der Waals surface area contributed by atoms with E-state index in [-0.39, 0.29) is 12.3 Å². The Kier molecular flexibility index (Phi) is 6.91. The second-order valence-corrected chi connectivity index (χ2v) is 5.74. The Morgan fingerprint density at radius 3 is 2.27 bits per heavy atom. The molecule has 2 N–H and O–H groups in total. The maximum atomic E-state index is 12.1. The topological polar surface area (TPSA) is 84.5 Å². The van der Waals surface area contributed by atoms with E-state index in [4.69, 9.17) is 4.74 Å². The van der Waals surface area contributed by atoms with Crippen molar-refractivity contribution >= 4 is 23.5 Å². The molecule has 6 nitrogen and oxygen atoms in total. The Morgan fingerprint density at radius 1 is 1.00 bits per heavy atom. The molecule has 136 valence electrons. The molecule has 0 aromatic heterocycles. The molecule has 0 aliphatic heterocycles. The highest BCUT2D eigenvalue weighted by Gasteiger charge is 2.16. The molecule has 2 aromatic carbocycles. The monoisotopic (exact) mass is 354 g/mol. The third-order valence-electron chi connectivity index (χ3n) is 3.64. The maximum Gasteiger partial charge on any atom is 0.338 e. The fraction of sp³-hybridized carbons (Fsp3) is 0.250. The largest absolute Gasteiger partial charge is 0.462 e. The van der Waals surface area contributed by atoms with Gasteiger partial charge in [-0.05, 0) is 43.7 Å². The molecule has 26 heavy (non-hydrogen) atoms. The highest BCUT2D eigenvalue weighted by molar-refractivity contribution is 5.99. The van der Waals surface area contributed by atoms with E-state index in [2.05, 4.69) is 10.6 Å². The third-order valence-corrected chi connectivity index (χ3v) is 3.64. The molecule has 2 aromatic rings. The molecule has 0 saturated carbocycles. The average molecular weight is 354 g/mol. The molecule has 0 unspecified atom stereocenters. The lowest BCUT2D eigenvalue weighted by Crippen LogP contribution is -2.41. The highest BCUT2D eigenvalue weighted by Crippen LogP contribution is 2.12. The standard InChI is InChI=1S/C20H22N2O4/c1-3-26-20(25)16-9-11-17(12-10-16)21-14(2)19(24)22-18(23)13-15-7-5-4-6-8-15/h4-12,14,21H,3,13H2,1-2H3,(H,22,23,24)/t14-/m0/s1. The van der Waals surface area contributed by atoms with Crippen molar-refractivity contribution in [1.29, 1.82) is 0 Å². The Bertz CT molecular complexity index is 757. The van der Waals surface area contributed by atoms with Crippen LogP contribution in [0.1, 0.15) is 29.8 Å². The summed E-state index contributed by atoms with van der Waals surface area (Å²) in [7, 11) is 0. The van der Waals surface area contributed by atoms with Crippen molar-refractivity contribution in [2.24, 2.45) is 0 Å². The molecule has 1 atom stereocenters. The second-order valence-electron chi connectivity index (χ2n) is 5.74. The van der Waals surface area contributed by atoms with E-state index < -0.39 is 17.9 Å². The third kappa shape index (κ3) is 5.73. The Labute approximate surface area is 152 Å². The van der Waals surface area contributed by atoms with Gasteiger partial charge in [-0.15, -0.1) is 0 Å². The smallest absolute Gasteiger partial charge is 0.338 e. The van der Waals surface area contributed by atoms with Crippen LogP contribution in [0.4, 0.5) is 5.69 Å². The molecule has 2 amide bonds. The van der Waals surface area contributed by atoms with Crippen LogP contribution in [0.3, 0.4) is 0 Å². The number of hydrogen-bond donors (Lipinski definition) is 2. The van der Waals surface area contributed by atoms with Gasteiger partial charge in [-0.1, -0.05) is 30.3 Å². The SMILES string of the molecule is CCOC(=O)c1ccc(N[C@@H](C)C(=O)NC(=O)Cc2ccccc2)cc1. The summed E-state index contributed by atoms with van der Waals surface area (Å²) >= 11 is 0. The predicted molar refractivity (Wildman–Crippen MR) is 98.8 cm³/mol. The molecule has 0 heterocycles. The number of nitrogens with one attached hydrogen (secondary N) is 2. The summed E-state index contributed by atoms with van der Waals surface area (Å²) < 4.78 is 4.92. The van der Waals surface area contributed by atoms with E-state index in [0.717, 1.165) is 5.56 Å². The van der Waals surface area contributed by atoms with Gasteiger partial charge in [0.2, 0.25) is 11.8 Å². The van der Waals surface area contributed by atoms with E-state index in [1.165, 1.54) is 0 Å². The van der Waals surface area contributed by atoms with Crippen LogP contribution in [-0.2, 0) is 20.7 Å². The molecule has 0 radical (unpaired) electrons. The van der Waals surface area contributed by atoms with Crippen LogP contribution in [0, 0.1) is 0 Å². The Hall–Kier alpha value is -3.15. The Morgan fingerprint density at radius 2 is 1.65 bits per heavy atom. The van der Waals surface area contributed by atoms with Gasteiger partial charge in [-0.2, -0.15) is 0 Å². The fourth-order valence-electron chi connectivity index (χ4n) is 2.30. The summed E-state index contributed by atoms with van der Waals surface area (Å²) in [5, 5.41) is 5.37. The first kappa shape index (κ1) is 19.2. The fourth-order valence-corrected chi connectivity index (χ4v) is 2.30. The van der Waals surface area contributed by atoms with Crippen molar-refractivity contribution in [2.45, 2.75) is 26.3 Å². The van der Waals surface area contributed by atoms with Crippen molar-refractivity contribution in [3.8, 4) is 0 Å². The van der Waals surface area contributed by atoms with Crippen LogP contribution in [-0.4, -0.2) is 30.4 Å². The van der Waals surface area contributed by atoms with Crippen LogP contribution >= 0.6 is 0 Å². The number of carbonyl (C=O) groups is 3. The van der Waals surface area contributed by atoms with Gasteiger partial charge in [-0.3, -0.25) is 14.9 Å². The maximum absolute atomic E-state index is 12.1. The van der Waals surface area contributed by atoms with E-state index in [1.807, 2.05) is 30.3 Å². The molecule has 0 spiro atoms. The van der Waals surface area contributed by atoms with Gasteiger partial charge in [0.15, 0.2) is 0 Å². The molecule has 0 aliphatic carbocycles. The van der Waals surface area contributed by atoms with Gasteiger partial charge in [-0.25, -0.2) is 4.79 Å². The summed E-state index contributed by atoms with van der Waals surface area (Å²) in [5.74, 6) is -1.16. The Balaban J connectivity index is 1.86. The number of esters is 1. The van der Waals surface area contributed by atoms with Crippen LogP contribution in [0.25, 0.3) is 0 Å². The zero-order valence-corrected chi connectivity index (χ0v) is 14.8. The molecule has 2 rings (SSSR count). The van der Waals surface area contributed by atoms with Gasteiger partial charge in [0.05, 0.1) is 18.6 Å². The number of anilines is 1. The van der Waals surface area contributed by atoms with E-state index >= 15 is 0 Å². The minimum Gasteiger partial charge on any atom is -0.462 e. The lowest BCUT2D eigenvalue weighted by atomic mass is 10.1. The minimum absolute atomic E-state index is 0.146.